The van der Waals surface area contributed by atoms with Crippen LogP contribution in [-0.4, -0.2) is 47.4 Å². The molecular weight excluding hydrogens is 863 g/mol. The Hall–Kier alpha value is -2.18. The van der Waals surface area contributed by atoms with Crippen LogP contribution < -0.4 is 5.32 Å². The molecule has 2 atom stereocenters. The molecule has 0 aromatic carbocycles. The van der Waals surface area contributed by atoms with Crippen molar-refractivity contribution in [3.8, 4) is 0 Å². The van der Waals surface area contributed by atoms with Gasteiger partial charge in [0.2, 0.25) is 5.91 Å². The molecule has 3 N–H and O–H groups in total. The van der Waals surface area contributed by atoms with Crippen LogP contribution in [0.5, 0.6) is 0 Å². The Kier molecular flexibility index (Phi) is 57.5. The van der Waals surface area contributed by atoms with E-state index in [1.807, 2.05) is 0 Å². The molecule has 0 heterocycles. The summed E-state index contributed by atoms with van der Waals surface area (Å²) in [5, 5.41) is 23.3. The molecule has 1 amide bonds. The fourth-order valence-electron chi connectivity index (χ4n) is 9.33. The van der Waals surface area contributed by atoms with Gasteiger partial charge < -0.3 is 20.3 Å². The summed E-state index contributed by atoms with van der Waals surface area (Å²) in [6, 6.07) is -0.550. The zero-order valence-corrected chi connectivity index (χ0v) is 46.7. The average Bonchev–Trinajstić information content (AvgIpc) is 3.36. The van der Waals surface area contributed by atoms with Gasteiger partial charge in [0.1, 0.15) is 0 Å². The highest BCUT2D eigenvalue weighted by Gasteiger charge is 2.20. The van der Waals surface area contributed by atoms with E-state index in [0.29, 0.717) is 25.9 Å². The monoisotopic (exact) mass is 982 g/mol. The third kappa shape index (κ3) is 55.1. The first-order valence-corrected chi connectivity index (χ1v) is 30.9. The van der Waals surface area contributed by atoms with E-state index >= 15 is 0 Å². The number of nitrogens with one attached hydrogen (secondary N) is 1. The first kappa shape index (κ1) is 67.8. The Morgan fingerprint density at radius 3 is 1.13 bits per heavy atom. The summed E-state index contributed by atoms with van der Waals surface area (Å²) in [6.07, 6.45) is 75.4. The van der Waals surface area contributed by atoms with Gasteiger partial charge >= 0.3 is 5.97 Å². The number of esters is 1. The second-order valence-electron chi connectivity index (χ2n) is 21.0. The average molecular weight is 983 g/mol. The van der Waals surface area contributed by atoms with Gasteiger partial charge in [0.25, 0.3) is 0 Å². The molecule has 0 spiro atoms. The Morgan fingerprint density at radius 1 is 0.400 bits per heavy atom. The number of rotatable bonds is 57. The quantitative estimate of drug-likeness (QED) is 0.0321. The van der Waals surface area contributed by atoms with Gasteiger partial charge in [-0.15, -0.1) is 0 Å². The van der Waals surface area contributed by atoms with Crippen molar-refractivity contribution in [2.45, 2.75) is 334 Å². The molecule has 0 aliphatic carbocycles. The highest BCUT2D eigenvalue weighted by molar-refractivity contribution is 5.76. The van der Waals surface area contributed by atoms with Crippen molar-refractivity contribution in [3.05, 3.63) is 48.6 Å². The number of allylic oxidation sites excluding steroid dienone is 8. The Balaban J connectivity index is 3.46. The molecule has 0 fully saturated rings. The number of unbranched alkanes of at least 4 members (excludes halogenated alkanes) is 38. The molecule has 0 aromatic heterocycles. The molecule has 0 aromatic rings. The predicted octanol–water partition coefficient (Wildman–Crippen LogP) is 19.4. The lowest BCUT2D eigenvalue weighted by Crippen LogP contribution is -2.45. The van der Waals surface area contributed by atoms with E-state index in [0.717, 1.165) is 70.6 Å². The molecular formula is C64H119NO5. The molecule has 0 aliphatic rings. The maximum atomic E-state index is 12.5. The number of aliphatic hydroxyl groups is 2. The standard InChI is InChI=1S/C64H119NO5/c1-3-5-7-9-11-13-15-17-19-29-32-36-40-44-48-52-56-62(67)61(60-66)65-63(68)57-53-49-45-41-37-33-30-27-25-23-21-20-22-24-26-28-31-35-39-43-47-51-55-59-70-64(69)58-54-50-46-42-38-34-18-16-14-12-10-8-6-4-2/h10,12,16,18,20,22-23,25,61-62,66-67H,3-9,11,13-15,17,19,21,24,26-60H2,1-2H3,(H,65,68)/b12-10-,18-16-,22-20-,25-23-. The molecule has 0 aliphatic heterocycles. The normalized spacial score (nSPS) is 12.9. The van der Waals surface area contributed by atoms with Gasteiger partial charge in [-0.25, -0.2) is 0 Å². The molecule has 0 bridgehead atoms. The highest BCUT2D eigenvalue weighted by atomic mass is 16.5. The van der Waals surface area contributed by atoms with Gasteiger partial charge in [-0.2, -0.15) is 0 Å². The van der Waals surface area contributed by atoms with E-state index in [2.05, 4.69) is 67.8 Å². The summed E-state index contributed by atoms with van der Waals surface area (Å²) < 4.78 is 5.47. The summed E-state index contributed by atoms with van der Waals surface area (Å²) >= 11 is 0. The van der Waals surface area contributed by atoms with Crippen molar-refractivity contribution in [1.29, 1.82) is 0 Å². The summed E-state index contributed by atoms with van der Waals surface area (Å²) in [4.78, 5) is 24.5. The largest absolute Gasteiger partial charge is 0.466 e. The minimum Gasteiger partial charge on any atom is -0.466 e. The topological polar surface area (TPSA) is 95.9 Å². The maximum absolute atomic E-state index is 12.5. The minimum absolute atomic E-state index is 0.00784. The van der Waals surface area contributed by atoms with E-state index in [1.165, 1.54) is 218 Å². The number of ether oxygens (including phenoxy) is 1. The second kappa shape index (κ2) is 59.4. The Morgan fingerprint density at radius 2 is 0.729 bits per heavy atom. The van der Waals surface area contributed by atoms with Crippen LogP contribution in [0.4, 0.5) is 0 Å². The van der Waals surface area contributed by atoms with E-state index in [9.17, 15) is 19.8 Å². The minimum atomic E-state index is -0.672. The van der Waals surface area contributed by atoms with E-state index in [-0.39, 0.29) is 18.5 Å². The van der Waals surface area contributed by atoms with Crippen molar-refractivity contribution in [1.82, 2.24) is 5.32 Å². The third-order valence-corrected chi connectivity index (χ3v) is 14.1. The maximum Gasteiger partial charge on any atom is 0.305 e. The Labute approximate surface area is 436 Å². The highest BCUT2D eigenvalue weighted by Crippen LogP contribution is 2.17. The van der Waals surface area contributed by atoms with Crippen LogP contribution >= 0.6 is 0 Å². The number of carbonyl (C=O) groups is 2. The van der Waals surface area contributed by atoms with Crippen LogP contribution in [0.1, 0.15) is 322 Å². The van der Waals surface area contributed by atoms with E-state index in [1.54, 1.807) is 0 Å². The molecule has 2 unspecified atom stereocenters. The first-order valence-electron chi connectivity index (χ1n) is 30.9. The zero-order valence-electron chi connectivity index (χ0n) is 46.7. The van der Waals surface area contributed by atoms with E-state index < -0.39 is 12.1 Å². The molecule has 0 saturated heterocycles. The van der Waals surface area contributed by atoms with Gasteiger partial charge in [0.05, 0.1) is 25.4 Å². The Bertz CT molecular complexity index is 1180. The number of hydrogen-bond acceptors (Lipinski definition) is 5. The van der Waals surface area contributed by atoms with Gasteiger partial charge in [-0.1, -0.05) is 274 Å². The SMILES string of the molecule is CCCC/C=C\C/C=C\CCCCCCCC(=O)OCCCCCCCCCCC/C=C\C/C=C\CCCCCCCCCC(=O)NC(CO)C(O)CCCCCCCCCCCCCCCCCC. The van der Waals surface area contributed by atoms with Crippen LogP contribution in [0.2, 0.25) is 0 Å². The van der Waals surface area contributed by atoms with Crippen LogP contribution in [0.15, 0.2) is 48.6 Å². The number of hydrogen-bond donors (Lipinski definition) is 3. The molecule has 0 rings (SSSR count). The van der Waals surface area contributed by atoms with Crippen molar-refractivity contribution in [2.75, 3.05) is 13.2 Å². The third-order valence-electron chi connectivity index (χ3n) is 14.1. The van der Waals surface area contributed by atoms with Gasteiger partial charge in [0.15, 0.2) is 0 Å². The van der Waals surface area contributed by atoms with Crippen LogP contribution in [0.3, 0.4) is 0 Å². The predicted molar refractivity (Wildman–Crippen MR) is 306 cm³/mol. The summed E-state index contributed by atoms with van der Waals surface area (Å²) in [6.45, 7) is 4.91. The molecule has 0 saturated carbocycles. The molecule has 6 heteroatoms. The van der Waals surface area contributed by atoms with Gasteiger partial charge in [0, 0.05) is 12.8 Å². The van der Waals surface area contributed by atoms with Crippen molar-refractivity contribution < 1.29 is 24.5 Å². The number of carbonyl (C=O) groups excluding carboxylic acids is 2. The number of amides is 1. The lowest BCUT2D eigenvalue weighted by molar-refractivity contribution is -0.143. The summed E-state index contributed by atoms with van der Waals surface area (Å²) in [5.74, 6) is -0.0524. The molecule has 0 radical (unpaired) electrons. The first-order chi connectivity index (χ1) is 34.5. The summed E-state index contributed by atoms with van der Waals surface area (Å²) in [7, 11) is 0. The van der Waals surface area contributed by atoms with Crippen LogP contribution in [-0.2, 0) is 14.3 Å². The van der Waals surface area contributed by atoms with E-state index in [4.69, 9.17) is 4.74 Å². The lowest BCUT2D eigenvalue weighted by Gasteiger charge is -2.22. The zero-order chi connectivity index (χ0) is 50.7. The fourth-order valence-corrected chi connectivity index (χ4v) is 9.33. The summed E-state index contributed by atoms with van der Waals surface area (Å²) in [5.41, 5.74) is 0. The fraction of sp³-hybridized carbons (Fsp3) is 0.844. The molecule has 6 nitrogen and oxygen atoms in total. The lowest BCUT2D eigenvalue weighted by atomic mass is 10.0. The number of aliphatic hydroxyl groups excluding tert-OH is 2. The molecule has 70 heavy (non-hydrogen) atoms. The smallest absolute Gasteiger partial charge is 0.305 e. The van der Waals surface area contributed by atoms with Crippen molar-refractivity contribution in [3.63, 3.8) is 0 Å². The van der Waals surface area contributed by atoms with Crippen molar-refractivity contribution in [2.24, 2.45) is 0 Å². The second-order valence-corrected chi connectivity index (χ2v) is 21.0. The molecule has 410 valence electrons. The van der Waals surface area contributed by atoms with Gasteiger partial charge in [-0.3, -0.25) is 9.59 Å². The van der Waals surface area contributed by atoms with Gasteiger partial charge in [-0.05, 0) is 83.5 Å². The van der Waals surface area contributed by atoms with Crippen LogP contribution in [0, 0.1) is 0 Å². The van der Waals surface area contributed by atoms with Crippen LogP contribution in [0.25, 0.3) is 0 Å². The van der Waals surface area contributed by atoms with Crippen molar-refractivity contribution >= 4 is 11.9 Å².